The van der Waals surface area contributed by atoms with Crippen molar-refractivity contribution in [2.45, 2.75) is 12.6 Å². The number of hydrogen-bond donors (Lipinski definition) is 1. The van der Waals surface area contributed by atoms with E-state index >= 15 is 0 Å². The molecular weight excluding hydrogens is 324 g/mol. The Morgan fingerprint density at radius 2 is 2.00 bits per heavy atom. The SMILES string of the molecule is O=C(c1cccc(Cn2cccn2)c1)N1CCN[C@H](c2ccccc2)C1. The highest BCUT2D eigenvalue weighted by Gasteiger charge is 2.25. The molecular formula is C21H22N4O. The van der Waals surface area contributed by atoms with E-state index in [1.807, 2.05) is 64.3 Å². The van der Waals surface area contributed by atoms with Crippen LogP contribution >= 0.6 is 0 Å². The lowest BCUT2D eigenvalue weighted by Crippen LogP contribution is -2.48. The molecule has 5 nitrogen and oxygen atoms in total. The first-order chi connectivity index (χ1) is 12.8. The van der Waals surface area contributed by atoms with Gasteiger partial charge in [0.2, 0.25) is 0 Å². The maximum absolute atomic E-state index is 13.0. The van der Waals surface area contributed by atoms with E-state index in [1.54, 1.807) is 6.20 Å². The van der Waals surface area contributed by atoms with Gasteiger partial charge in [0.05, 0.1) is 6.54 Å². The highest BCUT2D eigenvalue weighted by Crippen LogP contribution is 2.19. The molecule has 3 aromatic rings. The number of rotatable bonds is 4. The van der Waals surface area contributed by atoms with E-state index in [-0.39, 0.29) is 11.9 Å². The van der Waals surface area contributed by atoms with Crippen molar-refractivity contribution in [2.75, 3.05) is 19.6 Å². The Kier molecular flexibility index (Phi) is 4.80. The Morgan fingerprint density at radius 1 is 1.12 bits per heavy atom. The van der Waals surface area contributed by atoms with Gasteiger partial charge in [-0.1, -0.05) is 42.5 Å². The molecule has 1 aliphatic rings. The fraction of sp³-hybridized carbons (Fsp3) is 0.238. The smallest absolute Gasteiger partial charge is 0.253 e. The number of hydrogen-bond acceptors (Lipinski definition) is 3. The van der Waals surface area contributed by atoms with E-state index in [9.17, 15) is 4.79 Å². The van der Waals surface area contributed by atoms with Gasteiger partial charge in [-0.15, -0.1) is 0 Å². The van der Waals surface area contributed by atoms with Gasteiger partial charge < -0.3 is 10.2 Å². The topological polar surface area (TPSA) is 50.2 Å². The number of nitrogens with zero attached hydrogens (tertiary/aromatic N) is 3. The van der Waals surface area contributed by atoms with Crippen LogP contribution in [0.5, 0.6) is 0 Å². The average Bonchev–Trinajstić information content (AvgIpc) is 3.21. The molecule has 1 aromatic heterocycles. The summed E-state index contributed by atoms with van der Waals surface area (Å²) in [5.74, 6) is 0.0924. The summed E-state index contributed by atoms with van der Waals surface area (Å²) in [6, 6.07) is 20.2. The van der Waals surface area contributed by atoms with Crippen LogP contribution in [-0.2, 0) is 6.54 Å². The number of nitrogens with one attached hydrogen (secondary N) is 1. The lowest BCUT2D eigenvalue weighted by atomic mass is 10.0. The van der Waals surface area contributed by atoms with E-state index < -0.39 is 0 Å². The molecule has 2 heterocycles. The number of benzene rings is 2. The van der Waals surface area contributed by atoms with Gasteiger partial charge in [0.25, 0.3) is 5.91 Å². The number of aromatic nitrogens is 2. The number of carbonyl (C=O) groups excluding carboxylic acids is 1. The zero-order chi connectivity index (χ0) is 17.8. The summed E-state index contributed by atoms with van der Waals surface area (Å²) in [6.07, 6.45) is 3.69. The fourth-order valence-electron chi connectivity index (χ4n) is 3.41. The number of piperazine rings is 1. The Labute approximate surface area is 153 Å². The normalized spacial score (nSPS) is 17.2. The van der Waals surface area contributed by atoms with Gasteiger partial charge in [0, 0.05) is 43.6 Å². The summed E-state index contributed by atoms with van der Waals surface area (Å²) >= 11 is 0. The highest BCUT2D eigenvalue weighted by atomic mass is 16.2. The number of carbonyl (C=O) groups is 1. The molecule has 1 aliphatic heterocycles. The molecule has 0 unspecified atom stereocenters. The number of amides is 1. The second-order valence-corrected chi connectivity index (χ2v) is 6.57. The van der Waals surface area contributed by atoms with Gasteiger partial charge in [-0.3, -0.25) is 9.48 Å². The van der Waals surface area contributed by atoms with Crippen LogP contribution in [0, 0.1) is 0 Å². The summed E-state index contributed by atoms with van der Waals surface area (Å²) in [5.41, 5.74) is 3.04. The molecule has 0 spiro atoms. The molecule has 132 valence electrons. The molecule has 1 N–H and O–H groups in total. The quantitative estimate of drug-likeness (QED) is 0.790. The molecule has 2 aromatic carbocycles. The van der Waals surface area contributed by atoms with E-state index in [2.05, 4.69) is 22.5 Å². The van der Waals surface area contributed by atoms with E-state index in [0.29, 0.717) is 13.1 Å². The van der Waals surface area contributed by atoms with Gasteiger partial charge in [0.15, 0.2) is 0 Å². The van der Waals surface area contributed by atoms with Crippen LogP contribution in [0.25, 0.3) is 0 Å². The molecule has 1 fully saturated rings. The van der Waals surface area contributed by atoms with Crippen molar-refractivity contribution < 1.29 is 4.79 Å². The van der Waals surface area contributed by atoms with Crippen molar-refractivity contribution in [3.8, 4) is 0 Å². The van der Waals surface area contributed by atoms with Crippen molar-refractivity contribution in [1.29, 1.82) is 0 Å². The lowest BCUT2D eigenvalue weighted by molar-refractivity contribution is 0.0703. The first-order valence-corrected chi connectivity index (χ1v) is 8.93. The zero-order valence-electron chi connectivity index (χ0n) is 14.6. The van der Waals surface area contributed by atoms with Crippen molar-refractivity contribution in [1.82, 2.24) is 20.0 Å². The minimum Gasteiger partial charge on any atom is -0.335 e. The summed E-state index contributed by atoms with van der Waals surface area (Å²) < 4.78 is 1.86. The Bertz CT molecular complexity index is 861. The first-order valence-electron chi connectivity index (χ1n) is 8.93. The Hall–Kier alpha value is -2.92. The van der Waals surface area contributed by atoms with E-state index in [4.69, 9.17) is 0 Å². The largest absolute Gasteiger partial charge is 0.335 e. The molecule has 1 saturated heterocycles. The maximum Gasteiger partial charge on any atom is 0.253 e. The molecule has 5 heteroatoms. The Balaban J connectivity index is 1.48. The van der Waals surface area contributed by atoms with Crippen LogP contribution in [0.3, 0.4) is 0 Å². The van der Waals surface area contributed by atoms with Gasteiger partial charge in [-0.05, 0) is 29.3 Å². The molecule has 1 atom stereocenters. The third kappa shape index (κ3) is 3.68. The van der Waals surface area contributed by atoms with Crippen LogP contribution in [0.4, 0.5) is 0 Å². The van der Waals surface area contributed by atoms with Crippen LogP contribution in [0.1, 0.15) is 27.5 Å². The average molecular weight is 346 g/mol. The van der Waals surface area contributed by atoms with Crippen LogP contribution in [0.15, 0.2) is 73.1 Å². The summed E-state index contributed by atoms with van der Waals surface area (Å²) in [5, 5.41) is 7.74. The van der Waals surface area contributed by atoms with Gasteiger partial charge in [-0.2, -0.15) is 5.10 Å². The van der Waals surface area contributed by atoms with E-state index in [0.717, 1.165) is 24.2 Å². The van der Waals surface area contributed by atoms with Crippen LogP contribution in [-0.4, -0.2) is 40.2 Å². The molecule has 26 heavy (non-hydrogen) atoms. The third-order valence-corrected chi connectivity index (χ3v) is 4.74. The van der Waals surface area contributed by atoms with Crippen molar-refractivity contribution >= 4 is 5.91 Å². The maximum atomic E-state index is 13.0. The van der Waals surface area contributed by atoms with Gasteiger partial charge in [-0.25, -0.2) is 0 Å². The predicted molar refractivity (Wildman–Crippen MR) is 101 cm³/mol. The fourth-order valence-corrected chi connectivity index (χ4v) is 3.41. The van der Waals surface area contributed by atoms with Crippen molar-refractivity contribution in [3.63, 3.8) is 0 Å². The predicted octanol–water partition coefficient (Wildman–Crippen LogP) is 2.72. The van der Waals surface area contributed by atoms with Gasteiger partial charge >= 0.3 is 0 Å². The minimum absolute atomic E-state index is 0.0924. The van der Waals surface area contributed by atoms with Crippen LogP contribution in [0.2, 0.25) is 0 Å². The molecule has 1 amide bonds. The lowest BCUT2D eigenvalue weighted by Gasteiger charge is -2.34. The van der Waals surface area contributed by atoms with Crippen LogP contribution < -0.4 is 5.32 Å². The minimum atomic E-state index is 0.0924. The third-order valence-electron chi connectivity index (χ3n) is 4.74. The summed E-state index contributed by atoms with van der Waals surface area (Å²) in [4.78, 5) is 15.0. The second-order valence-electron chi connectivity index (χ2n) is 6.57. The molecule has 0 aliphatic carbocycles. The molecule has 4 rings (SSSR count). The zero-order valence-corrected chi connectivity index (χ0v) is 14.6. The van der Waals surface area contributed by atoms with Crippen molar-refractivity contribution in [3.05, 3.63) is 89.7 Å². The molecule has 0 bridgehead atoms. The van der Waals surface area contributed by atoms with Gasteiger partial charge in [0.1, 0.15) is 0 Å². The summed E-state index contributed by atoms with van der Waals surface area (Å²) in [6.45, 7) is 2.89. The Morgan fingerprint density at radius 3 is 2.81 bits per heavy atom. The monoisotopic (exact) mass is 346 g/mol. The summed E-state index contributed by atoms with van der Waals surface area (Å²) in [7, 11) is 0. The molecule has 0 radical (unpaired) electrons. The first kappa shape index (κ1) is 16.5. The standard InChI is InChI=1S/C21H22N4O/c26-21(19-9-4-6-17(14-19)15-25-12-5-10-23-25)24-13-11-22-20(16-24)18-7-2-1-3-8-18/h1-10,12,14,20,22H,11,13,15-16H2/t20-/m0/s1. The van der Waals surface area contributed by atoms with Crippen molar-refractivity contribution in [2.24, 2.45) is 0 Å². The second kappa shape index (κ2) is 7.54. The molecule has 0 saturated carbocycles. The highest BCUT2D eigenvalue weighted by molar-refractivity contribution is 5.94. The van der Waals surface area contributed by atoms with E-state index in [1.165, 1.54) is 5.56 Å².